The number of rotatable bonds is 27. The van der Waals surface area contributed by atoms with Gasteiger partial charge in [-0.15, -0.1) is 0 Å². The molecule has 0 unspecified atom stereocenters. The maximum atomic E-state index is 15.8. The summed E-state index contributed by atoms with van der Waals surface area (Å²) in [4.78, 5) is 123. The van der Waals surface area contributed by atoms with Gasteiger partial charge in [0.05, 0.1) is 39.3 Å². The van der Waals surface area contributed by atoms with Gasteiger partial charge in [-0.1, -0.05) is 36.9 Å². The number of carbonyl (C=O) groups is 9. The minimum Gasteiger partial charge on any atom is -0.508 e. The van der Waals surface area contributed by atoms with E-state index in [1.54, 1.807) is 38.2 Å². The second kappa shape index (κ2) is 28.6. The van der Waals surface area contributed by atoms with Crippen molar-refractivity contribution in [2.75, 3.05) is 81.3 Å². The van der Waals surface area contributed by atoms with E-state index < -0.39 is 103 Å². The number of nitrogens with zero attached hydrogens (tertiary/aromatic N) is 4. The van der Waals surface area contributed by atoms with E-state index in [4.69, 9.17) is 23.7 Å². The maximum Gasteiger partial charge on any atom is 0.330 e. The van der Waals surface area contributed by atoms with Gasteiger partial charge in [0.1, 0.15) is 36.3 Å². The molecule has 3 aromatic carbocycles. The topological polar surface area (TPSA) is 257 Å². The minimum absolute atomic E-state index is 0.00289. The highest BCUT2D eigenvalue weighted by Crippen LogP contribution is 2.35. The van der Waals surface area contributed by atoms with Crippen LogP contribution in [-0.4, -0.2) is 171 Å². The van der Waals surface area contributed by atoms with Crippen molar-refractivity contribution in [2.45, 2.75) is 77.5 Å². The van der Waals surface area contributed by atoms with Gasteiger partial charge in [0.15, 0.2) is 23.9 Å². The van der Waals surface area contributed by atoms with E-state index in [1.807, 2.05) is 0 Å². The Hall–Kier alpha value is -8.04. The molecule has 3 atom stereocenters. The lowest BCUT2D eigenvalue weighted by Crippen LogP contribution is -2.53. The highest BCUT2D eigenvalue weighted by Gasteiger charge is 2.42. The van der Waals surface area contributed by atoms with E-state index in [-0.39, 0.29) is 73.2 Å². The first-order valence-electron chi connectivity index (χ1n) is 24.6. The molecule has 22 heteroatoms. The van der Waals surface area contributed by atoms with E-state index >= 15 is 4.39 Å². The van der Waals surface area contributed by atoms with Crippen LogP contribution in [0.15, 0.2) is 73.3 Å². The van der Waals surface area contributed by atoms with Gasteiger partial charge in [0.25, 0.3) is 11.8 Å². The van der Waals surface area contributed by atoms with Gasteiger partial charge < -0.3 is 59.0 Å². The fourth-order valence-corrected chi connectivity index (χ4v) is 7.88. The third-order valence-corrected chi connectivity index (χ3v) is 12.8. The second-order valence-electron chi connectivity index (χ2n) is 18.7. The summed E-state index contributed by atoms with van der Waals surface area (Å²) in [6.07, 6.45) is 0.946. The summed E-state index contributed by atoms with van der Waals surface area (Å²) in [5.74, 6) is -6.95. The number of halogens is 1. The summed E-state index contributed by atoms with van der Waals surface area (Å²) in [7, 11) is 6.96. The Morgan fingerprint density at radius 2 is 1.58 bits per heavy atom. The Bertz CT molecular complexity index is 2590. The van der Waals surface area contributed by atoms with Crippen molar-refractivity contribution in [1.29, 1.82) is 0 Å². The van der Waals surface area contributed by atoms with E-state index in [0.717, 1.165) is 20.8 Å². The average molecular weight is 1060 g/mol. The number of phenolic OH excluding ortho intramolecular Hbond substituents is 1. The summed E-state index contributed by atoms with van der Waals surface area (Å²) >= 11 is 0. The van der Waals surface area contributed by atoms with Crippen molar-refractivity contribution in [1.82, 2.24) is 30.2 Å². The van der Waals surface area contributed by atoms with Gasteiger partial charge in [-0.2, -0.15) is 0 Å². The van der Waals surface area contributed by atoms with Gasteiger partial charge in [0, 0.05) is 46.7 Å². The standard InChI is InChI=1S/C54H69FN6O15/c1-10-47(67)75-33-54(3,4)50(68)52(70)61-26-13-12-17-39(61)53(71)76-41(24-20-35-21-25-42(72-8)49(73-9)48(35)55)36-15-14-16-38(28-36)74-32-46(66)60(7)40(27-34-18-22-37(62)23-19-34)51(69)57-30-45(65)59(6)31-43(63)56-29-44(64)58(5)11-2/h10,14-16,18-19,21-23,25,28,39-41,62H,1,11-13,17,20,24,26-27,29-33H2,2-9H3,(H,56,63)(H,57,69)/t39-,40-,41+/m0/s1. The normalized spacial score (nSPS) is 13.9. The van der Waals surface area contributed by atoms with Gasteiger partial charge in [-0.05, 0) is 99.9 Å². The summed E-state index contributed by atoms with van der Waals surface area (Å²) < 4.78 is 43.5. The van der Waals surface area contributed by atoms with Crippen LogP contribution in [0.4, 0.5) is 4.39 Å². The zero-order chi connectivity index (χ0) is 56.3. The number of esters is 2. The summed E-state index contributed by atoms with van der Waals surface area (Å²) in [6, 6.07) is 12.9. The van der Waals surface area contributed by atoms with E-state index in [1.165, 1.54) is 83.5 Å². The lowest BCUT2D eigenvalue weighted by molar-refractivity contribution is -0.165. The lowest BCUT2D eigenvalue weighted by atomic mass is 9.87. The zero-order valence-electron chi connectivity index (χ0n) is 44.3. The first-order chi connectivity index (χ1) is 36.0. The number of hydrogen-bond donors (Lipinski definition) is 3. The Morgan fingerprint density at radius 1 is 0.895 bits per heavy atom. The van der Waals surface area contributed by atoms with Crippen LogP contribution in [0.5, 0.6) is 23.0 Å². The third kappa shape index (κ3) is 17.0. The molecule has 4 rings (SSSR count). The Balaban J connectivity index is 1.54. The molecule has 1 fully saturated rings. The molecule has 76 heavy (non-hydrogen) atoms. The van der Waals surface area contributed by atoms with Crippen LogP contribution in [0.1, 0.15) is 69.2 Å². The molecule has 0 aromatic heterocycles. The van der Waals surface area contributed by atoms with E-state index in [2.05, 4.69) is 17.2 Å². The highest BCUT2D eigenvalue weighted by atomic mass is 19.1. The number of piperidine rings is 1. The molecule has 1 aliphatic rings. The van der Waals surface area contributed by atoms with Crippen LogP contribution in [0.2, 0.25) is 0 Å². The fourth-order valence-electron chi connectivity index (χ4n) is 7.88. The number of aryl methyl sites for hydroxylation is 1. The van der Waals surface area contributed by atoms with Crippen LogP contribution in [0.3, 0.4) is 0 Å². The molecule has 0 bridgehead atoms. The first-order valence-corrected chi connectivity index (χ1v) is 24.6. The molecular weight excluding hydrogens is 992 g/mol. The monoisotopic (exact) mass is 1060 g/mol. The van der Waals surface area contributed by atoms with Crippen LogP contribution < -0.4 is 24.8 Å². The Kier molecular flexibility index (Phi) is 22.8. The molecule has 412 valence electrons. The molecule has 0 saturated carbocycles. The quantitative estimate of drug-likeness (QED) is 0.0563. The number of ether oxygens (including phenoxy) is 5. The zero-order valence-corrected chi connectivity index (χ0v) is 44.3. The van der Waals surface area contributed by atoms with Crippen molar-refractivity contribution in [2.24, 2.45) is 5.41 Å². The number of likely N-dealkylation sites (N-methyl/N-ethyl adjacent to an activating group) is 3. The fraction of sp³-hybridized carbons (Fsp3) is 0.463. The lowest BCUT2D eigenvalue weighted by Gasteiger charge is -2.36. The number of phenols is 1. The summed E-state index contributed by atoms with van der Waals surface area (Å²) in [6.45, 7) is 6.30. The predicted octanol–water partition coefficient (Wildman–Crippen LogP) is 3.09. The molecule has 3 aromatic rings. The van der Waals surface area contributed by atoms with Crippen molar-refractivity contribution in [3.05, 3.63) is 95.8 Å². The van der Waals surface area contributed by atoms with Crippen molar-refractivity contribution < 1.29 is 76.3 Å². The van der Waals surface area contributed by atoms with Crippen molar-refractivity contribution in [3.63, 3.8) is 0 Å². The molecule has 6 amide bonds. The summed E-state index contributed by atoms with van der Waals surface area (Å²) in [5, 5.41) is 14.9. The molecule has 21 nitrogen and oxygen atoms in total. The number of benzene rings is 3. The molecule has 0 radical (unpaired) electrons. The number of ketones is 1. The van der Waals surface area contributed by atoms with E-state index in [9.17, 15) is 48.3 Å². The molecule has 1 aliphatic heterocycles. The molecule has 1 heterocycles. The molecule has 0 aliphatic carbocycles. The highest BCUT2D eigenvalue weighted by molar-refractivity contribution is 6.38. The number of amides is 6. The van der Waals surface area contributed by atoms with Gasteiger partial charge in [0.2, 0.25) is 29.4 Å². The van der Waals surface area contributed by atoms with Gasteiger partial charge >= 0.3 is 11.9 Å². The number of nitrogens with one attached hydrogen (secondary N) is 2. The number of hydrogen-bond acceptors (Lipinski definition) is 15. The number of carbonyl (C=O) groups excluding carboxylic acids is 9. The first kappa shape index (κ1) is 60.5. The molecule has 3 N–H and O–H groups in total. The Morgan fingerprint density at radius 3 is 2.24 bits per heavy atom. The number of methoxy groups -OCH3 is 2. The van der Waals surface area contributed by atoms with Crippen molar-refractivity contribution in [3.8, 4) is 23.0 Å². The van der Waals surface area contributed by atoms with Crippen molar-refractivity contribution >= 4 is 53.2 Å². The van der Waals surface area contributed by atoms with Crippen LogP contribution in [0, 0.1) is 11.2 Å². The molecule has 1 saturated heterocycles. The minimum atomic E-state index is -1.44. The smallest absolute Gasteiger partial charge is 0.330 e. The van der Waals surface area contributed by atoms with Crippen LogP contribution >= 0.6 is 0 Å². The molecule has 0 spiro atoms. The van der Waals surface area contributed by atoms with Crippen LogP contribution in [0.25, 0.3) is 0 Å². The SMILES string of the molecule is C=CC(=O)OCC(C)(C)C(=O)C(=O)N1CCCC[C@H]1C(=O)O[C@H](CCc1ccc(OC)c(OC)c1F)c1cccc(OCC(=O)N(C)[C@@H](Cc2ccc(O)cc2)C(=O)NCC(=O)N(C)CC(=O)NCC(=O)N(C)CC)c1. The summed E-state index contributed by atoms with van der Waals surface area (Å²) in [5.41, 5.74) is -0.322. The van der Waals surface area contributed by atoms with Gasteiger partial charge in [-0.3, -0.25) is 33.6 Å². The maximum absolute atomic E-state index is 15.8. The number of likely N-dealkylation sites (tertiary alicyclic amines) is 1. The predicted molar refractivity (Wildman–Crippen MR) is 273 cm³/mol. The van der Waals surface area contributed by atoms with Crippen LogP contribution in [-0.2, 0) is 65.5 Å². The largest absolute Gasteiger partial charge is 0.508 e. The Labute approximate surface area is 441 Å². The number of aromatic hydroxyl groups is 1. The second-order valence-corrected chi connectivity index (χ2v) is 18.7. The van der Waals surface area contributed by atoms with Gasteiger partial charge in [-0.25, -0.2) is 14.0 Å². The molecular formula is C54H69FN6O15. The van der Waals surface area contributed by atoms with E-state index in [0.29, 0.717) is 30.5 Å². The third-order valence-electron chi connectivity index (χ3n) is 12.8. The average Bonchev–Trinajstić information content (AvgIpc) is 3.42. The number of Topliss-reactive ketones (excluding diaryl/α,β-unsaturated/α-hetero) is 1.